The van der Waals surface area contributed by atoms with Gasteiger partial charge < -0.3 is 14.2 Å². The number of carbonyl (C=O) groups excluding carboxylic acids is 3. The van der Waals surface area contributed by atoms with Crippen molar-refractivity contribution in [3.05, 3.63) is 72.9 Å². The van der Waals surface area contributed by atoms with Gasteiger partial charge in [-0.1, -0.05) is 241 Å². The SMILES string of the molecule is CCCCC/C=C\C/C=C\C/C=C\CCCCCCCCC(=O)OCC(COC(=O)CCCCCCC/C=C\C/C=C\CCCCC)OC(=O)CCCCCCCCCCC/C=C\CCCCCCCC. The summed E-state index contributed by atoms with van der Waals surface area (Å²) in [6.07, 6.45) is 76.0. The van der Waals surface area contributed by atoms with E-state index in [-0.39, 0.29) is 31.1 Å². The summed E-state index contributed by atoms with van der Waals surface area (Å²) in [5.41, 5.74) is 0. The van der Waals surface area contributed by atoms with Crippen molar-refractivity contribution < 1.29 is 28.6 Å². The first-order valence-electron chi connectivity index (χ1n) is 30.4. The molecule has 0 saturated carbocycles. The summed E-state index contributed by atoms with van der Waals surface area (Å²) >= 11 is 0. The number of allylic oxidation sites excluding steroid dienone is 12. The highest BCUT2D eigenvalue weighted by atomic mass is 16.6. The lowest BCUT2D eigenvalue weighted by molar-refractivity contribution is -0.167. The van der Waals surface area contributed by atoms with E-state index in [1.54, 1.807) is 0 Å². The third kappa shape index (κ3) is 57.6. The Morgan fingerprint density at radius 1 is 0.282 bits per heavy atom. The van der Waals surface area contributed by atoms with Crippen LogP contribution in [-0.2, 0) is 28.6 Å². The first kappa shape index (κ1) is 67.8. The van der Waals surface area contributed by atoms with Crippen LogP contribution in [0, 0.1) is 0 Å². The summed E-state index contributed by atoms with van der Waals surface area (Å²) in [5.74, 6) is -0.903. The Labute approximate surface area is 440 Å². The summed E-state index contributed by atoms with van der Waals surface area (Å²) < 4.78 is 16.9. The Hall–Kier alpha value is -3.15. The third-order valence-corrected chi connectivity index (χ3v) is 13.2. The molecule has 0 aromatic rings. The van der Waals surface area contributed by atoms with E-state index in [9.17, 15) is 14.4 Å². The molecule has 0 N–H and O–H groups in total. The van der Waals surface area contributed by atoms with Gasteiger partial charge in [-0.3, -0.25) is 14.4 Å². The predicted octanol–water partition coefficient (Wildman–Crippen LogP) is 20.5. The fourth-order valence-corrected chi connectivity index (χ4v) is 8.53. The quantitative estimate of drug-likeness (QED) is 0.0261. The largest absolute Gasteiger partial charge is 0.462 e. The molecule has 6 nitrogen and oxygen atoms in total. The molecule has 410 valence electrons. The van der Waals surface area contributed by atoms with Gasteiger partial charge in [0.2, 0.25) is 0 Å². The van der Waals surface area contributed by atoms with Crippen LogP contribution in [0.5, 0.6) is 0 Å². The van der Waals surface area contributed by atoms with Crippen LogP contribution in [0.25, 0.3) is 0 Å². The Morgan fingerprint density at radius 3 is 0.831 bits per heavy atom. The molecule has 0 amide bonds. The summed E-state index contributed by atoms with van der Waals surface area (Å²) in [6, 6.07) is 0. The van der Waals surface area contributed by atoms with Gasteiger partial charge in [0.05, 0.1) is 0 Å². The molecule has 0 spiro atoms. The maximum atomic E-state index is 12.9. The van der Waals surface area contributed by atoms with Crippen molar-refractivity contribution in [2.45, 2.75) is 309 Å². The average molecular weight is 992 g/mol. The summed E-state index contributed by atoms with van der Waals surface area (Å²) in [7, 11) is 0. The number of rotatable bonds is 55. The lowest BCUT2D eigenvalue weighted by Gasteiger charge is -2.18. The van der Waals surface area contributed by atoms with Crippen molar-refractivity contribution in [2.24, 2.45) is 0 Å². The minimum Gasteiger partial charge on any atom is -0.462 e. The van der Waals surface area contributed by atoms with Crippen LogP contribution in [0.4, 0.5) is 0 Å². The molecule has 0 saturated heterocycles. The number of unbranched alkanes of at least 4 members (excludes halogenated alkanes) is 32. The first-order chi connectivity index (χ1) is 35.0. The molecule has 1 unspecified atom stereocenters. The summed E-state index contributed by atoms with van der Waals surface area (Å²) in [5, 5.41) is 0. The van der Waals surface area contributed by atoms with E-state index in [1.807, 2.05) is 0 Å². The highest BCUT2D eigenvalue weighted by Crippen LogP contribution is 2.15. The van der Waals surface area contributed by atoms with Crippen LogP contribution < -0.4 is 0 Å². The second-order valence-corrected chi connectivity index (χ2v) is 20.2. The first-order valence-corrected chi connectivity index (χ1v) is 30.4. The third-order valence-electron chi connectivity index (χ3n) is 13.2. The molecule has 0 aliphatic heterocycles. The maximum absolute atomic E-state index is 12.9. The highest BCUT2D eigenvalue weighted by Gasteiger charge is 2.19. The molecule has 0 aliphatic carbocycles. The fourth-order valence-electron chi connectivity index (χ4n) is 8.53. The smallest absolute Gasteiger partial charge is 0.306 e. The maximum Gasteiger partial charge on any atom is 0.306 e. The van der Waals surface area contributed by atoms with Crippen molar-refractivity contribution in [1.29, 1.82) is 0 Å². The lowest BCUT2D eigenvalue weighted by atomic mass is 10.1. The van der Waals surface area contributed by atoms with E-state index >= 15 is 0 Å². The van der Waals surface area contributed by atoms with Crippen molar-refractivity contribution in [3.8, 4) is 0 Å². The van der Waals surface area contributed by atoms with Gasteiger partial charge in [0.25, 0.3) is 0 Å². The zero-order valence-corrected chi connectivity index (χ0v) is 47.0. The molecule has 0 aromatic carbocycles. The molecule has 0 radical (unpaired) electrons. The van der Waals surface area contributed by atoms with Crippen LogP contribution in [0.1, 0.15) is 303 Å². The van der Waals surface area contributed by atoms with E-state index in [4.69, 9.17) is 14.2 Å². The highest BCUT2D eigenvalue weighted by molar-refractivity contribution is 5.71. The summed E-state index contributed by atoms with van der Waals surface area (Å²) in [6.45, 7) is 6.58. The average Bonchev–Trinajstić information content (AvgIpc) is 3.37. The predicted molar refractivity (Wildman–Crippen MR) is 307 cm³/mol. The second-order valence-electron chi connectivity index (χ2n) is 20.2. The van der Waals surface area contributed by atoms with Crippen LogP contribution in [0.15, 0.2) is 72.9 Å². The molecule has 0 rings (SSSR count). The molecule has 71 heavy (non-hydrogen) atoms. The molecule has 0 fully saturated rings. The number of carbonyl (C=O) groups is 3. The molecule has 0 bridgehead atoms. The zero-order chi connectivity index (χ0) is 51.4. The molecular weight excluding hydrogens is 877 g/mol. The van der Waals surface area contributed by atoms with E-state index in [1.165, 1.54) is 167 Å². The molecule has 0 heterocycles. The van der Waals surface area contributed by atoms with Crippen molar-refractivity contribution >= 4 is 17.9 Å². The van der Waals surface area contributed by atoms with E-state index < -0.39 is 6.10 Å². The van der Waals surface area contributed by atoms with Gasteiger partial charge in [0.1, 0.15) is 13.2 Å². The number of esters is 3. The van der Waals surface area contributed by atoms with Gasteiger partial charge in [0.15, 0.2) is 6.10 Å². The van der Waals surface area contributed by atoms with E-state index in [0.717, 1.165) is 96.3 Å². The monoisotopic (exact) mass is 991 g/mol. The Morgan fingerprint density at radius 2 is 0.507 bits per heavy atom. The normalized spacial score (nSPS) is 12.5. The van der Waals surface area contributed by atoms with Gasteiger partial charge in [0, 0.05) is 19.3 Å². The Kier molecular flexibility index (Phi) is 56.8. The Bertz CT molecular complexity index is 1320. The Balaban J connectivity index is 4.41. The molecule has 0 aromatic heterocycles. The minimum absolute atomic E-state index is 0.0868. The van der Waals surface area contributed by atoms with Gasteiger partial charge in [-0.15, -0.1) is 0 Å². The second kappa shape index (κ2) is 59.4. The lowest BCUT2D eigenvalue weighted by Crippen LogP contribution is -2.30. The van der Waals surface area contributed by atoms with Crippen LogP contribution >= 0.6 is 0 Å². The van der Waals surface area contributed by atoms with Gasteiger partial charge in [-0.2, -0.15) is 0 Å². The van der Waals surface area contributed by atoms with E-state index in [2.05, 4.69) is 93.7 Å². The van der Waals surface area contributed by atoms with Crippen LogP contribution in [0.2, 0.25) is 0 Å². The van der Waals surface area contributed by atoms with Crippen molar-refractivity contribution in [1.82, 2.24) is 0 Å². The number of hydrogen-bond donors (Lipinski definition) is 0. The van der Waals surface area contributed by atoms with E-state index in [0.29, 0.717) is 19.3 Å². The zero-order valence-electron chi connectivity index (χ0n) is 47.0. The molecule has 0 aliphatic rings. The summed E-state index contributed by atoms with van der Waals surface area (Å²) in [4.78, 5) is 38.2. The van der Waals surface area contributed by atoms with Crippen LogP contribution in [-0.4, -0.2) is 37.2 Å². The molecule has 1 atom stereocenters. The standard InChI is InChI=1S/C65H114O6/c1-4-7-10-13-16-19-22-25-28-30-32-34-37-40-43-46-49-52-55-58-64(67)70-61-62(60-69-63(66)57-54-51-48-45-42-39-36-27-24-21-18-15-12-9-6-3)71-65(68)59-56-53-50-47-44-41-38-35-33-31-29-26-23-20-17-14-11-8-5-2/h16,18-19,21,25-29,32,34,36,62H,4-15,17,20,22-24,30-31,33,35,37-61H2,1-3H3/b19-16-,21-18-,28-25-,29-26-,34-32-,36-27-. The number of ether oxygens (including phenoxy) is 3. The minimum atomic E-state index is -0.789. The van der Waals surface area contributed by atoms with Gasteiger partial charge >= 0.3 is 17.9 Å². The van der Waals surface area contributed by atoms with Crippen molar-refractivity contribution in [2.75, 3.05) is 13.2 Å². The topological polar surface area (TPSA) is 78.9 Å². The van der Waals surface area contributed by atoms with Gasteiger partial charge in [-0.05, 0) is 116 Å². The number of hydrogen-bond acceptors (Lipinski definition) is 6. The van der Waals surface area contributed by atoms with Gasteiger partial charge in [-0.25, -0.2) is 0 Å². The molecular formula is C65H114O6. The molecule has 6 heteroatoms. The van der Waals surface area contributed by atoms with Crippen LogP contribution in [0.3, 0.4) is 0 Å². The van der Waals surface area contributed by atoms with Crippen molar-refractivity contribution in [3.63, 3.8) is 0 Å². The fraction of sp³-hybridized carbons (Fsp3) is 0.769.